The molecule has 92 valence electrons. The lowest BCUT2D eigenvalue weighted by Gasteiger charge is -2.06. The maximum Gasteiger partial charge on any atom is 0.116 e. The normalized spacial score (nSPS) is 15.1. The van der Waals surface area contributed by atoms with Crippen LogP contribution in [0.1, 0.15) is 18.5 Å². The van der Waals surface area contributed by atoms with E-state index < -0.39 is 0 Å². The summed E-state index contributed by atoms with van der Waals surface area (Å²) in [5.41, 5.74) is 3.37. The Balaban J connectivity index is 2.06. The molecule has 4 rings (SSSR count). The molecular formula is C16H12N2S. The molecule has 0 aliphatic heterocycles. The van der Waals surface area contributed by atoms with E-state index in [1.807, 2.05) is 0 Å². The van der Waals surface area contributed by atoms with E-state index in [9.17, 15) is 0 Å². The molecule has 3 aromatic rings. The van der Waals surface area contributed by atoms with Crippen LogP contribution in [0, 0.1) is 0 Å². The Hall–Kier alpha value is -2.00. The quantitative estimate of drug-likeness (QED) is 0.643. The topological polar surface area (TPSA) is 25.8 Å². The van der Waals surface area contributed by atoms with Crippen LogP contribution in [0.3, 0.4) is 0 Å². The van der Waals surface area contributed by atoms with Gasteiger partial charge in [0.15, 0.2) is 0 Å². The van der Waals surface area contributed by atoms with Crippen LogP contribution in [0.4, 0.5) is 0 Å². The summed E-state index contributed by atoms with van der Waals surface area (Å²) >= 11 is 1.78. The Morgan fingerprint density at radius 2 is 2.00 bits per heavy atom. The molecule has 2 nitrogen and oxygen atoms in total. The Kier molecular flexibility index (Phi) is 2.45. The van der Waals surface area contributed by atoms with Crippen molar-refractivity contribution in [1.82, 2.24) is 9.97 Å². The predicted octanol–water partition coefficient (Wildman–Crippen LogP) is 4.58. The number of benzene rings is 1. The highest BCUT2D eigenvalue weighted by atomic mass is 32.1. The standard InChI is InChI=1S/C16H12N2S/c1-2-6-11(7-3-1)14-16-15(18-10-17-14)12-8-4-5-9-13(12)19-16/h2,4-10H,1,3H2. The number of hydrogen-bond donors (Lipinski definition) is 0. The first-order valence-electron chi connectivity index (χ1n) is 6.43. The largest absolute Gasteiger partial charge is 0.235 e. The maximum absolute atomic E-state index is 4.51. The molecule has 0 fully saturated rings. The fraction of sp³-hybridized carbons (Fsp3) is 0.125. The van der Waals surface area contributed by atoms with Gasteiger partial charge in [-0.3, -0.25) is 0 Å². The van der Waals surface area contributed by atoms with Gasteiger partial charge in [0.05, 0.1) is 15.9 Å². The van der Waals surface area contributed by atoms with Crippen LogP contribution >= 0.6 is 11.3 Å². The molecule has 0 saturated heterocycles. The van der Waals surface area contributed by atoms with Crippen molar-refractivity contribution in [2.24, 2.45) is 0 Å². The van der Waals surface area contributed by atoms with Crippen molar-refractivity contribution >= 4 is 37.2 Å². The summed E-state index contributed by atoms with van der Waals surface area (Å²) in [4.78, 5) is 8.98. The van der Waals surface area contributed by atoms with Crippen LogP contribution in [0.2, 0.25) is 0 Å². The van der Waals surface area contributed by atoms with Crippen LogP contribution in [0.15, 0.2) is 48.8 Å². The number of aromatic nitrogens is 2. The van der Waals surface area contributed by atoms with Gasteiger partial charge in [0.1, 0.15) is 6.33 Å². The average molecular weight is 264 g/mol. The molecule has 0 spiro atoms. The third-order valence-electron chi connectivity index (χ3n) is 3.43. The highest BCUT2D eigenvalue weighted by Gasteiger charge is 2.13. The first kappa shape index (κ1) is 10.9. The Morgan fingerprint density at radius 3 is 2.89 bits per heavy atom. The first-order valence-corrected chi connectivity index (χ1v) is 7.24. The third-order valence-corrected chi connectivity index (χ3v) is 4.59. The summed E-state index contributed by atoms with van der Waals surface area (Å²) in [6.45, 7) is 0. The molecule has 2 heterocycles. The molecule has 19 heavy (non-hydrogen) atoms. The zero-order valence-corrected chi connectivity index (χ0v) is 11.2. The van der Waals surface area contributed by atoms with E-state index in [-0.39, 0.29) is 0 Å². The summed E-state index contributed by atoms with van der Waals surface area (Å²) in [7, 11) is 0. The zero-order valence-electron chi connectivity index (χ0n) is 10.3. The van der Waals surface area contributed by atoms with Gasteiger partial charge in [0.2, 0.25) is 0 Å². The molecule has 2 aromatic heterocycles. The molecule has 0 saturated carbocycles. The minimum Gasteiger partial charge on any atom is -0.235 e. The number of fused-ring (bicyclic) bond motifs is 3. The van der Waals surface area contributed by atoms with E-state index in [2.05, 4.69) is 52.5 Å². The molecular weight excluding hydrogens is 252 g/mol. The van der Waals surface area contributed by atoms with Crippen molar-refractivity contribution in [3.8, 4) is 0 Å². The van der Waals surface area contributed by atoms with Gasteiger partial charge in [-0.25, -0.2) is 9.97 Å². The maximum atomic E-state index is 4.51. The van der Waals surface area contributed by atoms with Gasteiger partial charge in [-0.05, 0) is 24.5 Å². The Morgan fingerprint density at radius 1 is 1.05 bits per heavy atom. The molecule has 1 aromatic carbocycles. The lowest BCUT2D eigenvalue weighted by molar-refractivity contribution is 1.04. The summed E-state index contributed by atoms with van der Waals surface area (Å²) in [6.07, 6.45) is 10.6. The average Bonchev–Trinajstić information content (AvgIpc) is 2.87. The minimum absolute atomic E-state index is 1.07. The highest BCUT2D eigenvalue weighted by molar-refractivity contribution is 7.26. The van der Waals surface area contributed by atoms with Crippen LogP contribution < -0.4 is 0 Å². The summed E-state index contributed by atoms with van der Waals surface area (Å²) in [6, 6.07) is 8.42. The van der Waals surface area contributed by atoms with Crippen molar-refractivity contribution in [3.63, 3.8) is 0 Å². The number of nitrogens with zero attached hydrogens (tertiary/aromatic N) is 2. The van der Waals surface area contributed by atoms with E-state index in [4.69, 9.17) is 0 Å². The van der Waals surface area contributed by atoms with Crippen molar-refractivity contribution in [3.05, 3.63) is 54.5 Å². The Labute approximate surface area is 115 Å². The molecule has 0 atom stereocenters. The number of rotatable bonds is 1. The van der Waals surface area contributed by atoms with Gasteiger partial charge < -0.3 is 0 Å². The molecule has 0 radical (unpaired) electrons. The number of thiophene rings is 1. The van der Waals surface area contributed by atoms with Gasteiger partial charge in [-0.15, -0.1) is 11.3 Å². The summed E-state index contributed by atoms with van der Waals surface area (Å²) < 4.78 is 2.47. The van der Waals surface area contributed by atoms with E-state index >= 15 is 0 Å². The summed E-state index contributed by atoms with van der Waals surface area (Å²) in [5.74, 6) is 0. The molecule has 1 aliphatic carbocycles. The van der Waals surface area contributed by atoms with Crippen LogP contribution in [-0.4, -0.2) is 9.97 Å². The van der Waals surface area contributed by atoms with Gasteiger partial charge in [-0.1, -0.05) is 36.4 Å². The molecule has 0 N–H and O–H groups in total. The fourth-order valence-corrected chi connectivity index (χ4v) is 3.69. The SMILES string of the molecule is C1=CC(c2ncnc3c2sc2ccccc23)=CCC1. The number of hydrogen-bond acceptors (Lipinski definition) is 3. The van der Waals surface area contributed by atoms with Gasteiger partial charge in [0.25, 0.3) is 0 Å². The lowest BCUT2D eigenvalue weighted by Crippen LogP contribution is -1.91. The highest BCUT2D eigenvalue weighted by Crippen LogP contribution is 2.36. The van der Waals surface area contributed by atoms with Gasteiger partial charge in [-0.2, -0.15) is 0 Å². The van der Waals surface area contributed by atoms with Crippen molar-refractivity contribution in [2.45, 2.75) is 12.8 Å². The predicted molar refractivity (Wildman–Crippen MR) is 81.3 cm³/mol. The third kappa shape index (κ3) is 1.70. The van der Waals surface area contributed by atoms with Crippen LogP contribution in [0.25, 0.3) is 25.9 Å². The minimum atomic E-state index is 1.07. The Bertz CT molecular complexity index is 827. The van der Waals surface area contributed by atoms with E-state index in [0.29, 0.717) is 0 Å². The molecule has 1 aliphatic rings. The van der Waals surface area contributed by atoms with E-state index in [0.717, 1.165) is 24.1 Å². The van der Waals surface area contributed by atoms with Crippen molar-refractivity contribution in [2.75, 3.05) is 0 Å². The first-order chi connectivity index (χ1) is 9.43. The van der Waals surface area contributed by atoms with Crippen molar-refractivity contribution in [1.29, 1.82) is 0 Å². The van der Waals surface area contributed by atoms with Gasteiger partial charge >= 0.3 is 0 Å². The molecule has 0 bridgehead atoms. The zero-order chi connectivity index (χ0) is 12.7. The smallest absolute Gasteiger partial charge is 0.116 e. The van der Waals surface area contributed by atoms with E-state index in [1.165, 1.54) is 20.4 Å². The van der Waals surface area contributed by atoms with Crippen LogP contribution in [0.5, 0.6) is 0 Å². The second-order valence-electron chi connectivity index (χ2n) is 4.64. The second kappa shape index (κ2) is 4.28. The van der Waals surface area contributed by atoms with Crippen molar-refractivity contribution < 1.29 is 0 Å². The molecule has 3 heteroatoms. The van der Waals surface area contributed by atoms with Gasteiger partial charge in [0, 0.05) is 10.1 Å². The number of allylic oxidation sites excluding steroid dienone is 4. The molecule has 0 unspecified atom stereocenters. The molecule has 0 amide bonds. The van der Waals surface area contributed by atoms with E-state index in [1.54, 1.807) is 17.7 Å². The monoisotopic (exact) mass is 264 g/mol. The van der Waals surface area contributed by atoms with Crippen LogP contribution in [-0.2, 0) is 0 Å². The summed E-state index contributed by atoms with van der Waals surface area (Å²) in [5, 5.41) is 1.23. The second-order valence-corrected chi connectivity index (χ2v) is 5.69. The fourth-order valence-electron chi connectivity index (χ4n) is 2.52. The lowest BCUT2D eigenvalue weighted by atomic mass is 10.0.